The van der Waals surface area contributed by atoms with E-state index in [-0.39, 0.29) is 11.4 Å². The lowest BCUT2D eigenvalue weighted by atomic mass is 10.0. The average molecular weight is 328 g/mol. The first-order valence-electron chi connectivity index (χ1n) is 5.68. The molecule has 1 aromatic carbocycles. The van der Waals surface area contributed by atoms with E-state index in [9.17, 15) is 4.79 Å². The van der Waals surface area contributed by atoms with E-state index < -0.39 is 0 Å². The standard InChI is InChI=1S/C14H18BrNOS/c1-5-8-16(14(2,3)4)13(17)11-9-10(18)6-7-12(11)15/h5-7,9,18H,1,8H2,2-4H3. The summed E-state index contributed by atoms with van der Waals surface area (Å²) in [6.07, 6.45) is 1.74. The highest BCUT2D eigenvalue weighted by Gasteiger charge is 2.27. The summed E-state index contributed by atoms with van der Waals surface area (Å²) in [4.78, 5) is 15.1. The number of thiol groups is 1. The summed E-state index contributed by atoms with van der Waals surface area (Å²) in [6.45, 7) is 10.2. The third-order valence-electron chi connectivity index (χ3n) is 2.55. The van der Waals surface area contributed by atoms with Crippen molar-refractivity contribution in [1.29, 1.82) is 0 Å². The van der Waals surface area contributed by atoms with Crippen LogP contribution in [0.1, 0.15) is 31.1 Å². The van der Waals surface area contributed by atoms with Gasteiger partial charge >= 0.3 is 0 Å². The third kappa shape index (κ3) is 3.62. The second-order valence-corrected chi connectivity index (χ2v) is 6.41. The highest BCUT2D eigenvalue weighted by molar-refractivity contribution is 9.10. The third-order valence-corrected chi connectivity index (χ3v) is 3.52. The number of carbonyl (C=O) groups is 1. The van der Waals surface area contributed by atoms with Crippen molar-refractivity contribution >= 4 is 34.5 Å². The van der Waals surface area contributed by atoms with Gasteiger partial charge in [-0.2, -0.15) is 0 Å². The molecule has 18 heavy (non-hydrogen) atoms. The SMILES string of the molecule is C=CCN(C(=O)c1cc(S)ccc1Br)C(C)(C)C. The van der Waals surface area contributed by atoms with E-state index in [1.165, 1.54) is 0 Å². The number of halogens is 1. The molecule has 0 atom stereocenters. The minimum atomic E-state index is -0.253. The zero-order valence-corrected chi connectivity index (χ0v) is 13.4. The lowest BCUT2D eigenvalue weighted by Crippen LogP contribution is -2.45. The van der Waals surface area contributed by atoms with Crippen LogP contribution in [0.4, 0.5) is 0 Å². The molecule has 2 nitrogen and oxygen atoms in total. The van der Waals surface area contributed by atoms with Crippen LogP contribution in [0.3, 0.4) is 0 Å². The summed E-state index contributed by atoms with van der Waals surface area (Å²) in [5.74, 6) is -0.0230. The molecule has 0 spiro atoms. The van der Waals surface area contributed by atoms with E-state index in [1.54, 1.807) is 17.0 Å². The maximum absolute atomic E-state index is 12.6. The van der Waals surface area contributed by atoms with Gasteiger partial charge in [0.1, 0.15) is 0 Å². The molecule has 0 saturated heterocycles. The molecule has 0 fully saturated rings. The molecule has 4 heteroatoms. The fourth-order valence-corrected chi connectivity index (χ4v) is 2.23. The van der Waals surface area contributed by atoms with Gasteiger partial charge in [-0.25, -0.2) is 0 Å². The van der Waals surface area contributed by atoms with Gasteiger partial charge in [-0.1, -0.05) is 6.08 Å². The molecule has 0 unspecified atom stereocenters. The molecule has 0 aliphatic carbocycles. The van der Waals surface area contributed by atoms with Crippen molar-refractivity contribution in [3.63, 3.8) is 0 Å². The van der Waals surface area contributed by atoms with Gasteiger partial charge in [-0.05, 0) is 54.9 Å². The Hall–Kier alpha value is -0.740. The first-order valence-corrected chi connectivity index (χ1v) is 6.92. The van der Waals surface area contributed by atoms with Gasteiger partial charge < -0.3 is 4.90 Å². The minimum Gasteiger partial charge on any atom is -0.330 e. The predicted molar refractivity (Wildman–Crippen MR) is 82.4 cm³/mol. The Morgan fingerprint density at radius 1 is 1.50 bits per heavy atom. The average Bonchev–Trinajstić information content (AvgIpc) is 2.27. The Morgan fingerprint density at radius 2 is 2.11 bits per heavy atom. The zero-order chi connectivity index (χ0) is 13.9. The monoisotopic (exact) mass is 327 g/mol. The van der Waals surface area contributed by atoms with Crippen LogP contribution in [0, 0.1) is 0 Å². The molecule has 98 valence electrons. The normalized spacial score (nSPS) is 11.2. The Balaban J connectivity index is 3.17. The molecule has 0 aliphatic rings. The molecule has 0 heterocycles. The summed E-state index contributed by atoms with van der Waals surface area (Å²) in [5.41, 5.74) is 0.372. The summed E-state index contributed by atoms with van der Waals surface area (Å²) in [6, 6.07) is 5.46. The Bertz CT molecular complexity index is 465. The number of benzene rings is 1. The van der Waals surface area contributed by atoms with E-state index in [4.69, 9.17) is 0 Å². The van der Waals surface area contributed by atoms with Gasteiger partial charge in [0.15, 0.2) is 0 Å². The minimum absolute atomic E-state index is 0.0230. The maximum Gasteiger partial charge on any atom is 0.255 e. The van der Waals surface area contributed by atoms with Crippen LogP contribution < -0.4 is 0 Å². The van der Waals surface area contributed by atoms with Gasteiger partial charge in [0.25, 0.3) is 5.91 Å². The summed E-state index contributed by atoms with van der Waals surface area (Å²) < 4.78 is 0.781. The van der Waals surface area contributed by atoms with Crippen LogP contribution in [-0.4, -0.2) is 22.9 Å². The van der Waals surface area contributed by atoms with Crippen LogP contribution in [0.5, 0.6) is 0 Å². The van der Waals surface area contributed by atoms with Crippen molar-refractivity contribution in [2.75, 3.05) is 6.54 Å². The molecule has 0 aliphatic heterocycles. The number of amides is 1. The maximum atomic E-state index is 12.6. The van der Waals surface area contributed by atoms with E-state index in [1.807, 2.05) is 32.9 Å². The smallest absolute Gasteiger partial charge is 0.255 e. The summed E-state index contributed by atoms with van der Waals surface area (Å²) in [5, 5.41) is 0. The van der Waals surface area contributed by atoms with Gasteiger partial charge in [0, 0.05) is 21.5 Å². The van der Waals surface area contributed by atoms with Crippen LogP contribution in [0.2, 0.25) is 0 Å². The number of hydrogen-bond donors (Lipinski definition) is 1. The predicted octanol–water partition coefficient (Wildman–Crippen LogP) is 4.16. The molecule has 0 bridgehead atoms. The van der Waals surface area contributed by atoms with Gasteiger partial charge in [-0.3, -0.25) is 4.79 Å². The molecular weight excluding hydrogens is 310 g/mol. The first-order chi connectivity index (χ1) is 8.27. The quantitative estimate of drug-likeness (QED) is 0.652. The molecule has 1 rings (SSSR count). The molecule has 0 N–H and O–H groups in total. The second-order valence-electron chi connectivity index (χ2n) is 5.04. The van der Waals surface area contributed by atoms with Crippen molar-refractivity contribution in [2.24, 2.45) is 0 Å². The fourth-order valence-electron chi connectivity index (χ4n) is 1.61. The van der Waals surface area contributed by atoms with Crippen molar-refractivity contribution in [3.05, 3.63) is 40.9 Å². The first kappa shape index (κ1) is 15.3. The summed E-state index contributed by atoms with van der Waals surface area (Å²) in [7, 11) is 0. The lowest BCUT2D eigenvalue weighted by molar-refractivity contribution is 0.0615. The van der Waals surface area contributed by atoms with E-state index in [2.05, 4.69) is 35.1 Å². The van der Waals surface area contributed by atoms with Gasteiger partial charge in [0.2, 0.25) is 0 Å². The molecular formula is C14H18BrNOS. The van der Waals surface area contributed by atoms with Crippen LogP contribution in [0.25, 0.3) is 0 Å². The van der Waals surface area contributed by atoms with Crippen molar-refractivity contribution in [2.45, 2.75) is 31.2 Å². The number of carbonyl (C=O) groups excluding carboxylic acids is 1. The summed E-state index contributed by atoms with van der Waals surface area (Å²) >= 11 is 7.69. The highest BCUT2D eigenvalue weighted by atomic mass is 79.9. The molecule has 1 amide bonds. The molecule has 1 aromatic rings. The highest BCUT2D eigenvalue weighted by Crippen LogP contribution is 2.25. The lowest BCUT2D eigenvalue weighted by Gasteiger charge is -2.35. The van der Waals surface area contributed by atoms with E-state index in [0.717, 1.165) is 9.37 Å². The Labute approximate surface area is 123 Å². The Kier molecular flexibility index (Phi) is 5.05. The van der Waals surface area contributed by atoms with Crippen LogP contribution >= 0.6 is 28.6 Å². The van der Waals surface area contributed by atoms with Crippen molar-refractivity contribution < 1.29 is 4.79 Å². The number of hydrogen-bond acceptors (Lipinski definition) is 2. The Morgan fingerprint density at radius 3 is 2.61 bits per heavy atom. The van der Waals surface area contributed by atoms with E-state index in [0.29, 0.717) is 12.1 Å². The fraction of sp³-hybridized carbons (Fsp3) is 0.357. The topological polar surface area (TPSA) is 20.3 Å². The molecule has 0 aromatic heterocycles. The van der Waals surface area contributed by atoms with Crippen LogP contribution in [-0.2, 0) is 0 Å². The zero-order valence-electron chi connectivity index (χ0n) is 10.9. The number of nitrogens with zero attached hydrogens (tertiary/aromatic N) is 1. The van der Waals surface area contributed by atoms with E-state index >= 15 is 0 Å². The number of rotatable bonds is 3. The largest absolute Gasteiger partial charge is 0.330 e. The van der Waals surface area contributed by atoms with Crippen molar-refractivity contribution in [3.8, 4) is 0 Å². The molecule has 0 saturated carbocycles. The van der Waals surface area contributed by atoms with Crippen LogP contribution in [0.15, 0.2) is 40.2 Å². The van der Waals surface area contributed by atoms with Gasteiger partial charge in [0.05, 0.1) is 5.56 Å². The molecule has 0 radical (unpaired) electrons. The second kappa shape index (κ2) is 5.93. The van der Waals surface area contributed by atoms with Gasteiger partial charge in [-0.15, -0.1) is 19.2 Å². The van der Waals surface area contributed by atoms with Crippen molar-refractivity contribution in [1.82, 2.24) is 4.90 Å².